The minimum absolute atomic E-state index is 0.144. The molecule has 1 unspecified atom stereocenters. The van der Waals surface area contributed by atoms with Crippen molar-refractivity contribution in [3.63, 3.8) is 0 Å². The van der Waals surface area contributed by atoms with Crippen LogP contribution < -0.4 is 10.1 Å². The van der Waals surface area contributed by atoms with Gasteiger partial charge >= 0.3 is 0 Å². The minimum atomic E-state index is -0.798. The zero-order chi connectivity index (χ0) is 20.7. The molecule has 0 aliphatic carbocycles. The van der Waals surface area contributed by atoms with Gasteiger partial charge < -0.3 is 10.1 Å². The van der Waals surface area contributed by atoms with Gasteiger partial charge in [-0.1, -0.05) is 55.5 Å². The standard InChI is InChI=1S/C20H17N7O2S/c1-20(2,18(28)22-19-25-21-10-30-19)16-12-5-3-4-6-14(12)29-15-9-11(7-8-13(15)16)17-23-26-27-24-17/h3-10,16H,1-2H3,(H,22,25,28)(H,23,24,26,27). The fourth-order valence-electron chi connectivity index (χ4n) is 3.78. The predicted octanol–water partition coefficient (Wildman–Crippen LogP) is 3.62. The van der Waals surface area contributed by atoms with Gasteiger partial charge in [0.05, 0.1) is 5.41 Å². The lowest BCUT2D eigenvalue weighted by molar-refractivity contribution is -0.124. The summed E-state index contributed by atoms with van der Waals surface area (Å²) in [6, 6.07) is 13.5. The number of nitrogens with zero attached hydrogens (tertiary/aromatic N) is 5. The number of rotatable bonds is 4. The quantitative estimate of drug-likeness (QED) is 0.518. The van der Waals surface area contributed by atoms with Gasteiger partial charge in [0.25, 0.3) is 0 Å². The van der Waals surface area contributed by atoms with E-state index in [0.29, 0.717) is 16.7 Å². The van der Waals surface area contributed by atoms with Crippen molar-refractivity contribution in [2.45, 2.75) is 19.8 Å². The molecular weight excluding hydrogens is 402 g/mol. The Hall–Kier alpha value is -3.66. The smallest absolute Gasteiger partial charge is 0.232 e. The van der Waals surface area contributed by atoms with Crippen molar-refractivity contribution in [3.05, 3.63) is 59.1 Å². The van der Waals surface area contributed by atoms with Gasteiger partial charge in [-0.3, -0.25) is 4.79 Å². The van der Waals surface area contributed by atoms with Crippen molar-refractivity contribution in [1.82, 2.24) is 30.8 Å². The summed E-state index contributed by atoms with van der Waals surface area (Å²) < 4.78 is 6.19. The lowest BCUT2D eigenvalue weighted by atomic mass is 9.69. The van der Waals surface area contributed by atoms with Crippen LogP contribution in [0.25, 0.3) is 11.4 Å². The average molecular weight is 419 g/mol. The van der Waals surface area contributed by atoms with Gasteiger partial charge in [0.1, 0.15) is 17.0 Å². The molecule has 1 atom stereocenters. The van der Waals surface area contributed by atoms with Crippen LogP contribution in [0.1, 0.15) is 30.9 Å². The van der Waals surface area contributed by atoms with Crippen LogP contribution in [0.4, 0.5) is 5.13 Å². The summed E-state index contributed by atoms with van der Waals surface area (Å²) >= 11 is 1.28. The Morgan fingerprint density at radius 1 is 1.13 bits per heavy atom. The maximum absolute atomic E-state index is 13.3. The fraction of sp³-hybridized carbons (Fsp3) is 0.200. The maximum atomic E-state index is 13.3. The first-order valence-corrected chi connectivity index (χ1v) is 10.1. The molecule has 0 bridgehead atoms. The third-order valence-corrected chi connectivity index (χ3v) is 5.87. The van der Waals surface area contributed by atoms with Crippen LogP contribution >= 0.6 is 11.3 Å². The Morgan fingerprint density at radius 3 is 2.73 bits per heavy atom. The number of aromatic nitrogens is 6. The van der Waals surface area contributed by atoms with Crippen LogP contribution in [-0.4, -0.2) is 36.7 Å². The van der Waals surface area contributed by atoms with Crippen LogP contribution in [0.3, 0.4) is 0 Å². The molecule has 0 saturated carbocycles. The van der Waals surface area contributed by atoms with E-state index in [1.165, 1.54) is 11.3 Å². The van der Waals surface area contributed by atoms with Gasteiger partial charge in [-0.05, 0) is 17.3 Å². The Balaban J connectivity index is 1.60. The molecule has 1 amide bonds. The highest BCUT2D eigenvalue weighted by molar-refractivity contribution is 7.13. The Morgan fingerprint density at radius 2 is 1.97 bits per heavy atom. The molecule has 5 rings (SSSR count). The molecule has 0 radical (unpaired) electrons. The molecule has 3 heterocycles. The normalized spacial score (nSPS) is 15.1. The van der Waals surface area contributed by atoms with Crippen LogP contribution in [0.15, 0.2) is 48.0 Å². The topological polar surface area (TPSA) is 119 Å². The van der Waals surface area contributed by atoms with E-state index in [1.807, 2.05) is 56.3 Å². The van der Waals surface area contributed by atoms with Gasteiger partial charge in [-0.2, -0.15) is 5.21 Å². The van der Waals surface area contributed by atoms with E-state index < -0.39 is 5.41 Å². The summed E-state index contributed by atoms with van der Waals surface area (Å²) in [5, 5.41) is 25.2. The predicted molar refractivity (Wildman–Crippen MR) is 110 cm³/mol. The van der Waals surface area contributed by atoms with Crippen LogP contribution in [-0.2, 0) is 4.79 Å². The van der Waals surface area contributed by atoms with Gasteiger partial charge in [-0.15, -0.1) is 20.4 Å². The van der Waals surface area contributed by atoms with Crippen molar-refractivity contribution in [2.24, 2.45) is 5.41 Å². The summed E-state index contributed by atoms with van der Waals surface area (Å²) in [7, 11) is 0. The molecule has 2 aromatic heterocycles. The van der Waals surface area contributed by atoms with Crippen LogP contribution in [0.5, 0.6) is 11.5 Å². The largest absolute Gasteiger partial charge is 0.457 e. The van der Waals surface area contributed by atoms with E-state index in [1.54, 1.807) is 5.51 Å². The minimum Gasteiger partial charge on any atom is -0.457 e. The molecule has 2 N–H and O–H groups in total. The molecule has 150 valence electrons. The Labute approximate surface area is 175 Å². The van der Waals surface area contributed by atoms with Crippen molar-refractivity contribution in [3.8, 4) is 22.9 Å². The molecule has 0 fully saturated rings. The van der Waals surface area contributed by atoms with Crippen LogP contribution in [0, 0.1) is 5.41 Å². The second-order valence-corrected chi connectivity index (χ2v) is 8.31. The number of tetrazole rings is 1. The zero-order valence-electron chi connectivity index (χ0n) is 16.2. The number of anilines is 1. The first-order chi connectivity index (χ1) is 14.5. The molecule has 30 heavy (non-hydrogen) atoms. The fourth-order valence-corrected chi connectivity index (χ4v) is 4.22. The number of benzene rings is 2. The average Bonchev–Trinajstić information content (AvgIpc) is 3.45. The van der Waals surface area contributed by atoms with E-state index in [0.717, 1.165) is 22.4 Å². The van der Waals surface area contributed by atoms with Crippen LogP contribution in [0.2, 0.25) is 0 Å². The lowest BCUT2D eigenvalue weighted by Crippen LogP contribution is -2.38. The van der Waals surface area contributed by atoms with Gasteiger partial charge in [-0.25, -0.2) is 0 Å². The number of fused-ring (bicyclic) bond motifs is 2. The number of ether oxygens (including phenoxy) is 1. The summed E-state index contributed by atoms with van der Waals surface area (Å²) in [6.07, 6.45) is 0. The van der Waals surface area contributed by atoms with Crippen molar-refractivity contribution < 1.29 is 9.53 Å². The highest BCUT2D eigenvalue weighted by Crippen LogP contribution is 2.52. The summed E-state index contributed by atoms with van der Waals surface area (Å²) in [5.41, 5.74) is 3.43. The SMILES string of the molecule is CC(C)(C(=O)Nc1nncs1)C1c2ccccc2Oc2cc(-c3nn[nH]n3)ccc21. The third kappa shape index (κ3) is 3.01. The molecule has 1 aliphatic heterocycles. The molecule has 2 aromatic carbocycles. The van der Waals surface area contributed by atoms with E-state index in [9.17, 15) is 4.79 Å². The third-order valence-electron chi connectivity index (χ3n) is 5.27. The first kappa shape index (κ1) is 18.4. The van der Waals surface area contributed by atoms with Gasteiger partial charge in [0.15, 0.2) is 0 Å². The molecule has 4 aromatic rings. The number of aromatic amines is 1. The van der Waals surface area contributed by atoms with E-state index in [2.05, 4.69) is 36.1 Å². The lowest BCUT2D eigenvalue weighted by Gasteiger charge is -2.38. The Kier molecular flexibility index (Phi) is 4.28. The number of carbonyl (C=O) groups excluding carboxylic acids is 1. The first-order valence-electron chi connectivity index (χ1n) is 9.26. The van der Waals surface area contributed by atoms with Crippen molar-refractivity contribution >= 4 is 22.4 Å². The van der Waals surface area contributed by atoms with Gasteiger partial charge in [0.2, 0.25) is 16.9 Å². The molecule has 9 nitrogen and oxygen atoms in total. The summed E-state index contributed by atoms with van der Waals surface area (Å²) in [6.45, 7) is 3.85. The van der Waals surface area contributed by atoms with Gasteiger partial charge in [0, 0.05) is 22.6 Å². The molecule has 0 saturated heterocycles. The second-order valence-electron chi connectivity index (χ2n) is 7.48. The van der Waals surface area contributed by atoms with E-state index >= 15 is 0 Å². The number of amides is 1. The second kappa shape index (κ2) is 6.99. The highest BCUT2D eigenvalue weighted by atomic mass is 32.1. The van der Waals surface area contributed by atoms with E-state index in [4.69, 9.17) is 4.74 Å². The summed E-state index contributed by atoms with van der Waals surface area (Å²) in [4.78, 5) is 13.3. The number of H-pyrrole nitrogens is 1. The molecule has 1 aliphatic rings. The molecule has 0 spiro atoms. The number of nitrogens with one attached hydrogen (secondary N) is 2. The van der Waals surface area contributed by atoms with Crippen molar-refractivity contribution in [1.29, 1.82) is 0 Å². The summed E-state index contributed by atoms with van der Waals surface area (Å²) in [5.74, 6) is 1.48. The van der Waals surface area contributed by atoms with E-state index in [-0.39, 0.29) is 11.8 Å². The molecule has 10 heteroatoms. The number of para-hydroxylation sites is 1. The monoisotopic (exact) mass is 419 g/mol. The molecular formula is C20H17N7O2S. The zero-order valence-corrected chi connectivity index (χ0v) is 17.0. The van der Waals surface area contributed by atoms with Crippen molar-refractivity contribution in [2.75, 3.05) is 5.32 Å². The Bertz CT molecular complexity index is 1210. The number of carbonyl (C=O) groups is 1. The number of hydrogen-bond acceptors (Lipinski definition) is 8. The highest BCUT2D eigenvalue weighted by Gasteiger charge is 2.43. The number of hydrogen-bond donors (Lipinski definition) is 2. The maximum Gasteiger partial charge on any atom is 0.232 e.